The van der Waals surface area contributed by atoms with Crippen molar-refractivity contribution in [2.24, 2.45) is 11.1 Å². The van der Waals surface area contributed by atoms with Crippen LogP contribution in [0.5, 0.6) is 0 Å². The van der Waals surface area contributed by atoms with Crippen LogP contribution in [0.2, 0.25) is 0 Å². The van der Waals surface area contributed by atoms with Gasteiger partial charge in [0.1, 0.15) is 5.78 Å². The van der Waals surface area contributed by atoms with E-state index in [1.165, 1.54) is 0 Å². The van der Waals surface area contributed by atoms with Gasteiger partial charge in [-0.1, -0.05) is 0 Å². The molecular weight excluding hydrogens is 176 g/mol. The van der Waals surface area contributed by atoms with Gasteiger partial charge in [0.2, 0.25) is 0 Å². The van der Waals surface area contributed by atoms with Crippen molar-refractivity contribution in [2.75, 3.05) is 6.54 Å². The Balaban J connectivity index is 2.02. The normalized spacial score (nSPS) is 17.8. The molecule has 0 saturated heterocycles. The number of pyridine rings is 1. The first-order valence-corrected chi connectivity index (χ1v) is 4.89. The third-order valence-electron chi connectivity index (χ3n) is 2.95. The predicted molar refractivity (Wildman–Crippen MR) is 53.7 cm³/mol. The van der Waals surface area contributed by atoms with Crippen molar-refractivity contribution < 1.29 is 4.79 Å². The number of nitrogens with two attached hydrogens (primary N) is 1. The maximum atomic E-state index is 11.8. The minimum Gasteiger partial charge on any atom is -0.329 e. The second-order valence-electron chi connectivity index (χ2n) is 3.94. The summed E-state index contributed by atoms with van der Waals surface area (Å²) in [5.41, 5.74) is 6.45. The fraction of sp³-hybridized carbons (Fsp3) is 0.455. The number of hydrogen-bond acceptors (Lipinski definition) is 3. The molecule has 1 aliphatic rings. The lowest BCUT2D eigenvalue weighted by molar-refractivity contribution is -0.123. The summed E-state index contributed by atoms with van der Waals surface area (Å²) in [6, 6.07) is 3.76. The average molecular weight is 190 g/mol. The quantitative estimate of drug-likeness (QED) is 0.768. The highest BCUT2D eigenvalue weighted by Gasteiger charge is 2.47. The Bertz CT molecular complexity index is 330. The van der Waals surface area contributed by atoms with Gasteiger partial charge < -0.3 is 5.73 Å². The van der Waals surface area contributed by atoms with Crippen LogP contribution in [-0.2, 0) is 11.2 Å². The molecule has 0 atom stereocenters. The van der Waals surface area contributed by atoms with E-state index < -0.39 is 0 Å². The molecule has 1 aromatic rings. The molecule has 1 aromatic heterocycles. The second-order valence-corrected chi connectivity index (χ2v) is 3.94. The van der Waals surface area contributed by atoms with E-state index in [9.17, 15) is 4.79 Å². The van der Waals surface area contributed by atoms with E-state index in [1.807, 2.05) is 12.1 Å². The molecule has 1 heterocycles. The molecular formula is C11H14N2O. The molecule has 1 aliphatic carbocycles. The number of hydrogen-bond donors (Lipinski definition) is 1. The monoisotopic (exact) mass is 190 g/mol. The fourth-order valence-corrected chi connectivity index (χ4v) is 1.62. The molecule has 3 nitrogen and oxygen atoms in total. The first-order chi connectivity index (χ1) is 6.77. The maximum Gasteiger partial charge on any atom is 0.144 e. The molecule has 14 heavy (non-hydrogen) atoms. The molecule has 0 bridgehead atoms. The predicted octanol–water partition coefficient (Wildman–Crippen LogP) is 0.932. The van der Waals surface area contributed by atoms with Crippen LogP contribution in [0.1, 0.15) is 18.4 Å². The van der Waals surface area contributed by atoms with E-state index in [1.54, 1.807) is 12.4 Å². The lowest BCUT2D eigenvalue weighted by atomic mass is 9.96. The van der Waals surface area contributed by atoms with Gasteiger partial charge in [0.15, 0.2) is 0 Å². The van der Waals surface area contributed by atoms with Crippen molar-refractivity contribution in [3.8, 4) is 0 Å². The van der Waals surface area contributed by atoms with Gasteiger partial charge in [-0.3, -0.25) is 9.78 Å². The van der Waals surface area contributed by atoms with Gasteiger partial charge in [-0.2, -0.15) is 0 Å². The highest BCUT2D eigenvalue weighted by Crippen LogP contribution is 2.45. The molecule has 1 fully saturated rings. The largest absolute Gasteiger partial charge is 0.329 e. The maximum absolute atomic E-state index is 11.8. The SMILES string of the molecule is NCC1(C(=O)Cc2ccncc2)CC1. The number of nitrogens with zero attached hydrogens (tertiary/aromatic N) is 1. The van der Waals surface area contributed by atoms with Crippen LogP contribution in [0, 0.1) is 5.41 Å². The van der Waals surface area contributed by atoms with E-state index in [4.69, 9.17) is 5.73 Å². The zero-order valence-electron chi connectivity index (χ0n) is 8.07. The van der Waals surface area contributed by atoms with E-state index >= 15 is 0 Å². The highest BCUT2D eigenvalue weighted by molar-refractivity contribution is 5.89. The Morgan fingerprint density at radius 3 is 2.57 bits per heavy atom. The Labute approximate surface area is 83.3 Å². The number of Topliss-reactive ketones (excluding diaryl/α,β-unsaturated/α-hetero) is 1. The van der Waals surface area contributed by atoms with Gasteiger partial charge >= 0.3 is 0 Å². The van der Waals surface area contributed by atoms with Crippen LogP contribution in [0.15, 0.2) is 24.5 Å². The van der Waals surface area contributed by atoms with E-state index in [-0.39, 0.29) is 11.2 Å². The topological polar surface area (TPSA) is 56.0 Å². The number of ketones is 1. The van der Waals surface area contributed by atoms with Gasteiger partial charge in [0.25, 0.3) is 0 Å². The van der Waals surface area contributed by atoms with Crippen LogP contribution >= 0.6 is 0 Å². The van der Waals surface area contributed by atoms with E-state index in [0.717, 1.165) is 18.4 Å². The van der Waals surface area contributed by atoms with Crippen LogP contribution in [-0.4, -0.2) is 17.3 Å². The van der Waals surface area contributed by atoms with Gasteiger partial charge in [0.05, 0.1) is 0 Å². The third kappa shape index (κ3) is 1.68. The molecule has 0 aliphatic heterocycles. The van der Waals surface area contributed by atoms with Gasteiger partial charge in [-0.25, -0.2) is 0 Å². The Morgan fingerprint density at radius 1 is 1.43 bits per heavy atom. The van der Waals surface area contributed by atoms with Crippen LogP contribution in [0.25, 0.3) is 0 Å². The summed E-state index contributed by atoms with van der Waals surface area (Å²) in [7, 11) is 0. The standard InChI is InChI=1S/C11H14N2O/c12-8-11(3-4-11)10(14)7-9-1-5-13-6-2-9/h1-2,5-6H,3-4,7-8,12H2. The minimum atomic E-state index is -0.177. The van der Waals surface area contributed by atoms with Gasteiger partial charge in [-0.15, -0.1) is 0 Å². The van der Waals surface area contributed by atoms with Crippen LogP contribution in [0.4, 0.5) is 0 Å². The fourth-order valence-electron chi connectivity index (χ4n) is 1.62. The zero-order valence-corrected chi connectivity index (χ0v) is 8.07. The minimum absolute atomic E-state index is 0.177. The van der Waals surface area contributed by atoms with Crippen molar-refractivity contribution in [3.63, 3.8) is 0 Å². The molecule has 0 radical (unpaired) electrons. The zero-order chi connectivity index (χ0) is 10.0. The first-order valence-electron chi connectivity index (χ1n) is 4.89. The van der Waals surface area contributed by atoms with Crippen molar-refractivity contribution in [3.05, 3.63) is 30.1 Å². The summed E-state index contributed by atoms with van der Waals surface area (Å²) < 4.78 is 0. The second kappa shape index (κ2) is 3.50. The van der Waals surface area contributed by atoms with E-state index in [2.05, 4.69) is 4.98 Å². The lowest BCUT2D eigenvalue weighted by Crippen LogP contribution is -2.26. The smallest absolute Gasteiger partial charge is 0.144 e. The Morgan fingerprint density at radius 2 is 2.07 bits per heavy atom. The number of carbonyl (C=O) groups is 1. The van der Waals surface area contributed by atoms with Crippen molar-refractivity contribution >= 4 is 5.78 Å². The number of rotatable bonds is 4. The first kappa shape index (κ1) is 9.34. The molecule has 0 spiro atoms. The van der Waals surface area contributed by atoms with Crippen LogP contribution < -0.4 is 5.73 Å². The van der Waals surface area contributed by atoms with Gasteiger partial charge in [0, 0.05) is 30.8 Å². The van der Waals surface area contributed by atoms with Gasteiger partial charge in [-0.05, 0) is 30.5 Å². The molecule has 0 unspecified atom stereocenters. The summed E-state index contributed by atoms with van der Waals surface area (Å²) in [4.78, 5) is 15.7. The molecule has 74 valence electrons. The summed E-state index contributed by atoms with van der Waals surface area (Å²) in [6.07, 6.45) is 5.86. The third-order valence-corrected chi connectivity index (χ3v) is 2.95. The number of aromatic nitrogens is 1. The summed E-state index contributed by atoms with van der Waals surface area (Å²) in [5, 5.41) is 0. The van der Waals surface area contributed by atoms with Crippen molar-refractivity contribution in [2.45, 2.75) is 19.3 Å². The lowest BCUT2D eigenvalue weighted by Gasteiger charge is -2.10. The molecule has 0 amide bonds. The van der Waals surface area contributed by atoms with E-state index in [0.29, 0.717) is 13.0 Å². The summed E-state index contributed by atoms with van der Waals surface area (Å²) in [6.45, 7) is 0.497. The molecule has 2 rings (SSSR count). The van der Waals surface area contributed by atoms with Crippen molar-refractivity contribution in [1.29, 1.82) is 0 Å². The number of carbonyl (C=O) groups excluding carboxylic acids is 1. The molecule has 1 saturated carbocycles. The highest BCUT2D eigenvalue weighted by atomic mass is 16.1. The Kier molecular flexibility index (Phi) is 2.33. The Hall–Kier alpha value is -1.22. The van der Waals surface area contributed by atoms with Crippen molar-refractivity contribution in [1.82, 2.24) is 4.98 Å². The molecule has 3 heteroatoms. The summed E-state index contributed by atoms with van der Waals surface area (Å²) >= 11 is 0. The molecule has 0 aromatic carbocycles. The summed E-state index contributed by atoms with van der Waals surface area (Å²) in [5.74, 6) is 0.284. The molecule has 2 N–H and O–H groups in total. The van der Waals surface area contributed by atoms with Crippen LogP contribution in [0.3, 0.4) is 0 Å². The average Bonchev–Trinajstić information content (AvgIpc) is 3.00.